The fourth-order valence-corrected chi connectivity index (χ4v) is 3.38. The van der Waals surface area contributed by atoms with Gasteiger partial charge in [0.1, 0.15) is 0 Å². The molecule has 1 heterocycles. The summed E-state index contributed by atoms with van der Waals surface area (Å²) in [7, 11) is -3.24. The summed E-state index contributed by atoms with van der Waals surface area (Å²) < 4.78 is 29.3. The quantitative estimate of drug-likeness (QED) is 0.838. The highest BCUT2D eigenvalue weighted by Gasteiger charge is 2.24. The number of benzene rings is 1. The lowest BCUT2D eigenvalue weighted by atomic mass is 10.3. The molecule has 1 fully saturated rings. The topological polar surface area (TPSA) is 43.4 Å². The Morgan fingerprint density at radius 3 is 2.56 bits per heavy atom. The second-order valence-corrected chi connectivity index (χ2v) is 6.34. The zero-order valence-corrected chi connectivity index (χ0v) is 10.3. The van der Waals surface area contributed by atoms with Crippen molar-refractivity contribution in [1.82, 2.24) is 0 Å². The molecule has 0 bridgehead atoms. The average molecular weight is 261 g/mol. The number of ether oxygens (including phenoxy) is 1. The highest BCUT2D eigenvalue weighted by Crippen LogP contribution is 2.20. The SMILES string of the molecule is O=S(=O)(C[C@@H]1CCCO1)c1ccc(Cl)cc1. The lowest BCUT2D eigenvalue weighted by Gasteiger charge is -2.10. The minimum absolute atomic E-state index is 0.0641. The van der Waals surface area contributed by atoms with E-state index >= 15 is 0 Å². The zero-order chi connectivity index (χ0) is 11.6. The maximum Gasteiger partial charge on any atom is 0.180 e. The number of sulfone groups is 1. The molecule has 1 aliphatic heterocycles. The molecular formula is C11H13ClO3S. The summed E-state index contributed by atoms with van der Waals surface area (Å²) in [6.07, 6.45) is 1.62. The molecule has 0 aromatic heterocycles. The summed E-state index contributed by atoms with van der Waals surface area (Å²) in [6, 6.07) is 6.24. The van der Waals surface area contributed by atoms with Crippen molar-refractivity contribution in [3.05, 3.63) is 29.3 Å². The lowest BCUT2D eigenvalue weighted by Crippen LogP contribution is -2.20. The van der Waals surface area contributed by atoms with E-state index in [9.17, 15) is 8.42 Å². The van der Waals surface area contributed by atoms with E-state index in [4.69, 9.17) is 16.3 Å². The molecule has 0 spiro atoms. The third-order valence-corrected chi connectivity index (χ3v) is 4.66. The van der Waals surface area contributed by atoms with Gasteiger partial charge < -0.3 is 4.74 Å². The van der Waals surface area contributed by atoms with Crippen LogP contribution in [0, 0.1) is 0 Å². The summed E-state index contributed by atoms with van der Waals surface area (Å²) in [4.78, 5) is 0.312. The molecule has 0 saturated carbocycles. The van der Waals surface area contributed by atoms with Crippen molar-refractivity contribution >= 4 is 21.4 Å². The number of halogens is 1. The Kier molecular flexibility index (Phi) is 3.52. The lowest BCUT2D eigenvalue weighted by molar-refractivity contribution is 0.127. The molecule has 88 valence electrons. The van der Waals surface area contributed by atoms with Gasteiger partial charge in [-0.25, -0.2) is 8.42 Å². The minimum atomic E-state index is -3.24. The molecule has 1 aliphatic rings. The first kappa shape index (κ1) is 11.9. The van der Waals surface area contributed by atoms with Crippen LogP contribution in [0.4, 0.5) is 0 Å². The summed E-state index contributed by atoms with van der Waals surface area (Å²) in [6.45, 7) is 0.667. The first-order chi connectivity index (χ1) is 7.58. The van der Waals surface area contributed by atoms with Crippen molar-refractivity contribution in [3.63, 3.8) is 0 Å². The fraction of sp³-hybridized carbons (Fsp3) is 0.455. The van der Waals surface area contributed by atoms with Crippen molar-refractivity contribution in [2.75, 3.05) is 12.4 Å². The molecule has 5 heteroatoms. The van der Waals surface area contributed by atoms with E-state index in [0.29, 0.717) is 16.5 Å². The van der Waals surface area contributed by atoms with E-state index in [0.717, 1.165) is 12.8 Å². The van der Waals surface area contributed by atoms with Crippen LogP contribution in [-0.2, 0) is 14.6 Å². The van der Waals surface area contributed by atoms with Gasteiger partial charge in [0.2, 0.25) is 0 Å². The Balaban J connectivity index is 2.14. The first-order valence-electron chi connectivity index (χ1n) is 5.18. The maximum absolute atomic E-state index is 12.0. The molecule has 0 N–H and O–H groups in total. The van der Waals surface area contributed by atoms with Crippen LogP contribution in [0.5, 0.6) is 0 Å². The minimum Gasteiger partial charge on any atom is -0.377 e. The summed E-state index contributed by atoms with van der Waals surface area (Å²) >= 11 is 5.71. The van der Waals surface area contributed by atoms with Crippen molar-refractivity contribution in [2.45, 2.75) is 23.8 Å². The average Bonchev–Trinajstić information content (AvgIpc) is 2.70. The second-order valence-electron chi connectivity index (χ2n) is 3.87. The van der Waals surface area contributed by atoms with Gasteiger partial charge in [0.05, 0.1) is 16.8 Å². The Hall–Kier alpha value is -0.580. The van der Waals surface area contributed by atoms with Crippen LogP contribution < -0.4 is 0 Å². The molecule has 1 atom stereocenters. The van der Waals surface area contributed by atoms with Gasteiger partial charge in [0, 0.05) is 11.6 Å². The van der Waals surface area contributed by atoms with Gasteiger partial charge in [-0.05, 0) is 37.1 Å². The maximum atomic E-state index is 12.0. The van der Waals surface area contributed by atoms with E-state index in [1.807, 2.05) is 0 Å². The van der Waals surface area contributed by atoms with Crippen LogP contribution >= 0.6 is 11.6 Å². The molecule has 3 nitrogen and oxygen atoms in total. The van der Waals surface area contributed by atoms with Crippen molar-refractivity contribution in [2.24, 2.45) is 0 Å². The second kappa shape index (κ2) is 4.73. The molecule has 1 aromatic rings. The number of hydrogen-bond donors (Lipinski definition) is 0. The molecule has 0 radical (unpaired) electrons. The van der Waals surface area contributed by atoms with E-state index < -0.39 is 9.84 Å². The van der Waals surface area contributed by atoms with Gasteiger partial charge in [0.15, 0.2) is 9.84 Å². The van der Waals surface area contributed by atoms with Crippen molar-refractivity contribution < 1.29 is 13.2 Å². The van der Waals surface area contributed by atoms with Gasteiger partial charge in [-0.2, -0.15) is 0 Å². The predicted molar refractivity (Wildman–Crippen MR) is 62.5 cm³/mol. The monoisotopic (exact) mass is 260 g/mol. The summed E-state index contributed by atoms with van der Waals surface area (Å²) in [5.74, 6) is 0.0641. The Labute approximate surface area is 100 Å². The molecule has 1 aromatic carbocycles. The predicted octanol–water partition coefficient (Wildman–Crippen LogP) is 2.29. The Morgan fingerprint density at radius 2 is 2.00 bits per heavy atom. The fourth-order valence-electron chi connectivity index (χ4n) is 1.76. The number of rotatable bonds is 3. The van der Waals surface area contributed by atoms with Gasteiger partial charge in [-0.1, -0.05) is 11.6 Å². The summed E-state index contributed by atoms with van der Waals surface area (Å²) in [5.41, 5.74) is 0. The normalized spacial score (nSPS) is 21.2. The van der Waals surface area contributed by atoms with Crippen molar-refractivity contribution in [1.29, 1.82) is 0 Å². The molecule has 0 aliphatic carbocycles. The van der Waals surface area contributed by atoms with Crippen molar-refractivity contribution in [3.8, 4) is 0 Å². The number of hydrogen-bond acceptors (Lipinski definition) is 3. The molecule has 0 unspecified atom stereocenters. The Bertz CT molecular complexity index is 447. The largest absolute Gasteiger partial charge is 0.377 e. The standard InChI is InChI=1S/C11H13ClO3S/c12-9-3-5-11(6-4-9)16(13,14)8-10-2-1-7-15-10/h3-6,10H,1-2,7-8H2/t10-/m0/s1. The van der Waals surface area contributed by atoms with Gasteiger partial charge >= 0.3 is 0 Å². The molecule has 1 saturated heterocycles. The third kappa shape index (κ3) is 2.75. The highest BCUT2D eigenvalue weighted by atomic mass is 35.5. The smallest absolute Gasteiger partial charge is 0.180 e. The van der Waals surface area contributed by atoms with Crippen LogP contribution in [0.1, 0.15) is 12.8 Å². The molecule has 0 amide bonds. The highest BCUT2D eigenvalue weighted by molar-refractivity contribution is 7.91. The van der Waals surface area contributed by atoms with Gasteiger partial charge in [0.25, 0.3) is 0 Å². The van der Waals surface area contributed by atoms with E-state index in [-0.39, 0.29) is 11.9 Å². The van der Waals surface area contributed by atoms with E-state index in [2.05, 4.69) is 0 Å². The Morgan fingerprint density at radius 1 is 1.31 bits per heavy atom. The third-order valence-electron chi connectivity index (χ3n) is 2.60. The van der Waals surface area contributed by atoms with Crippen LogP contribution in [0.3, 0.4) is 0 Å². The zero-order valence-electron chi connectivity index (χ0n) is 8.73. The first-order valence-corrected chi connectivity index (χ1v) is 7.21. The van der Waals surface area contributed by atoms with Gasteiger partial charge in [-0.15, -0.1) is 0 Å². The van der Waals surface area contributed by atoms with Crippen LogP contribution in [0.15, 0.2) is 29.2 Å². The molecular weight excluding hydrogens is 248 g/mol. The van der Waals surface area contributed by atoms with E-state index in [1.165, 1.54) is 12.1 Å². The van der Waals surface area contributed by atoms with E-state index in [1.54, 1.807) is 12.1 Å². The van der Waals surface area contributed by atoms with Crippen LogP contribution in [0.25, 0.3) is 0 Å². The molecule has 16 heavy (non-hydrogen) atoms. The summed E-state index contributed by atoms with van der Waals surface area (Å²) in [5, 5.41) is 0.538. The molecule has 2 rings (SSSR count). The van der Waals surface area contributed by atoms with Crippen LogP contribution in [0.2, 0.25) is 5.02 Å². The van der Waals surface area contributed by atoms with Gasteiger partial charge in [-0.3, -0.25) is 0 Å². The van der Waals surface area contributed by atoms with Crippen LogP contribution in [-0.4, -0.2) is 26.9 Å².